The number of halogens is 2. The SMILES string of the molecule is Cl.O=C(Cc1cccc(F)c1)NCC(=O)NC1CCNC1. The molecule has 1 atom stereocenters. The van der Waals surface area contributed by atoms with Crippen LogP contribution in [0.2, 0.25) is 0 Å². The summed E-state index contributed by atoms with van der Waals surface area (Å²) in [4.78, 5) is 23.2. The number of amides is 2. The monoisotopic (exact) mass is 315 g/mol. The molecule has 0 spiro atoms. The largest absolute Gasteiger partial charge is 0.351 e. The minimum absolute atomic E-state index is 0. The molecule has 1 heterocycles. The van der Waals surface area contributed by atoms with E-state index in [0.29, 0.717) is 5.56 Å². The minimum Gasteiger partial charge on any atom is -0.351 e. The van der Waals surface area contributed by atoms with E-state index in [4.69, 9.17) is 0 Å². The summed E-state index contributed by atoms with van der Waals surface area (Å²) in [5.41, 5.74) is 0.586. The number of carbonyl (C=O) groups is 2. The Morgan fingerprint density at radius 1 is 1.33 bits per heavy atom. The van der Waals surface area contributed by atoms with E-state index in [1.54, 1.807) is 12.1 Å². The summed E-state index contributed by atoms with van der Waals surface area (Å²) in [6, 6.07) is 6.00. The molecule has 1 aliphatic rings. The van der Waals surface area contributed by atoms with Crippen molar-refractivity contribution in [1.29, 1.82) is 0 Å². The van der Waals surface area contributed by atoms with Crippen molar-refractivity contribution in [1.82, 2.24) is 16.0 Å². The lowest BCUT2D eigenvalue weighted by Gasteiger charge is -2.11. The number of carbonyl (C=O) groups excluding carboxylic acids is 2. The van der Waals surface area contributed by atoms with Gasteiger partial charge >= 0.3 is 0 Å². The van der Waals surface area contributed by atoms with Gasteiger partial charge in [0.25, 0.3) is 0 Å². The average molecular weight is 316 g/mol. The Kier molecular flexibility index (Phi) is 7.11. The van der Waals surface area contributed by atoms with Crippen LogP contribution in [0.15, 0.2) is 24.3 Å². The van der Waals surface area contributed by atoms with Crippen molar-refractivity contribution in [3.63, 3.8) is 0 Å². The molecule has 2 rings (SSSR count). The molecule has 5 nitrogen and oxygen atoms in total. The third-order valence-electron chi connectivity index (χ3n) is 3.13. The highest BCUT2D eigenvalue weighted by Crippen LogP contribution is 2.04. The zero-order valence-electron chi connectivity index (χ0n) is 11.5. The van der Waals surface area contributed by atoms with Crippen LogP contribution >= 0.6 is 12.4 Å². The van der Waals surface area contributed by atoms with E-state index in [-0.39, 0.29) is 49.0 Å². The van der Waals surface area contributed by atoms with Crippen molar-refractivity contribution in [3.8, 4) is 0 Å². The Morgan fingerprint density at radius 2 is 2.14 bits per heavy atom. The Hall–Kier alpha value is -1.66. The molecule has 1 unspecified atom stereocenters. The molecule has 1 aliphatic heterocycles. The van der Waals surface area contributed by atoms with Crippen LogP contribution in [-0.2, 0) is 16.0 Å². The van der Waals surface area contributed by atoms with Gasteiger partial charge in [-0.25, -0.2) is 4.39 Å². The molecule has 0 bridgehead atoms. The zero-order chi connectivity index (χ0) is 14.4. The summed E-state index contributed by atoms with van der Waals surface area (Å²) < 4.78 is 13.0. The molecule has 1 aromatic rings. The predicted octanol–water partition coefficient (Wildman–Crippen LogP) is 0.384. The molecular formula is C14H19ClFN3O2. The van der Waals surface area contributed by atoms with Crippen LogP contribution in [0.5, 0.6) is 0 Å². The Bertz CT molecular complexity index is 493. The van der Waals surface area contributed by atoms with Crippen molar-refractivity contribution in [2.75, 3.05) is 19.6 Å². The van der Waals surface area contributed by atoms with Gasteiger partial charge < -0.3 is 16.0 Å². The summed E-state index contributed by atoms with van der Waals surface area (Å²) in [6.07, 6.45) is 0.971. The van der Waals surface area contributed by atoms with Gasteiger partial charge in [-0.05, 0) is 30.7 Å². The van der Waals surface area contributed by atoms with E-state index in [0.717, 1.165) is 19.5 Å². The summed E-state index contributed by atoms with van der Waals surface area (Å²) >= 11 is 0. The third-order valence-corrected chi connectivity index (χ3v) is 3.13. The Labute approximate surface area is 129 Å². The fraction of sp³-hybridized carbons (Fsp3) is 0.429. The van der Waals surface area contributed by atoms with Crippen LogP contribution in [0.4, 0.5) is 4.39 Å². The molecular weight excluding hydrogens is 297 g/mol. The van der Waals surface area contributed by atoms with E-state index in [1.807, 2.05) is 0 Å². The lowest BCUT2D eigenvalue weighted by molar-refractivity contribution is -0.126. The average Bonchev–Trinajstić information content (AvgIpc) is 2.89. The van der Waals surface area contributed by atoms with E-state index in [1.165, 1.54) is 12.1 Å². The highest BCUT2D eigenvalue weighted by molar-refractivity contribution is 5.86. The van der Waals surface area contributed by atoms with Crippen molar-refractivity contribution >= 4 is 24.2 Å². The molecule has 0 aromatic heterocycles. The summed E-state index contributed by atoms with van der Waals surface area (Å²) in [5, 5.41) is 8.50. The first kappa shape index (κ1) is 17.4. The number of nitrogens with one attached hydrogen (secondary N) is 3. The molecule has 0 aliphatic carbocycles. The van der Waals surface area contributed by atoms with Crippen LogP contribution in [0.1, 0.15) is 12.0 Å². The first-order valence-corrected chi connectivity index (χ1v) is 6.65. The summed E-state index contributed by atoms with van der Waals surface area (Å²) in [6.45, 7) is 1.62. The number of hydrogen-bond donors (Lipinski definition) is 3. The molecule has 0 radical (unpaired) electrons. The molecule has 3 N–H and O–H groups in total. The second-order valence-corrected chi connectivity index (χ2v) is 4.84. The van der Waals surface area contributed by atoms with Crippen molar-refractivity contribution < 1.29 is 14.0 Å². The molecule has 2 amide bonds. The number of benzene rings is 1. The van der Waals surface area contributed by atoms with Gasteiger partial charge in [0.15, 0.2) is 0 Å². The number of hydrogen-bond acceptors (Lipinski definition) is 3. The molecule has 116 valence electrons. The normalized spacial score (nSPS) is 16.9. The van der Waals surface area contributed by atoms with Gasteiger partial charge in [0.05, 0.1) is 13.0 Å². The van der Waals surface area contributed by atoms with Gasteiger partial charge in [0.2, 0.25) is 11.8 Å². The smallest absolute Gasteiger partial charge is 0.239 e. The molecule has 0 saturated carbocycles. The topological polar surface area (TPSA) is 70.2 Å². The lowest BCUT2D eigenvalue weighted by Crippen LogP contribution is -2.43. The van der Waals surface area contributed by atoms with Crippen molar-refractivity contribution in [2.24, 2.45) is 0 Å². The third kappa shape index (κ3) is 6.10. The number of rotatable bonds is 5. The van der Waals surface area contributed by atoms with Crippen LogP contribution in [-0.4, -0.2) is 37.5 Å². The van der Waals surface area contributed by atoms with Crippen LogP contribution in [0.25, 0.3) is 0 Å². The maximum atomic E-state index is 13.0. The zero-order valence-corrected chi connectivity index (χ0v) is 12.3. The lowest BCUT2D eigenvalue weighted by atomic mass is 10.1. The second kappa shape index (κ2) is 8.59. The summed E-state index contributed by atoms with van der Waals surface area (Å²) in [7, 11) is 0. The van der Waals surface area contributed by atoms with Gasteiger partial charge in [-0.3, -0.25) is 9.59 Å². The maximum Gasteiger partial charge on any atom is 0.239 e. The summed E-state index contributed by atoms with van der Waals surface area (Å²) in [5.74, 6) is -0.872. The van der Waals surface area contributed by atoms with Crippen molar-refractivity contribution in [3.05, 3.63) is 35.6 Å². The Balaban J connectivity index is 0.00000220. The maximum absolute atomic E-state index is 13.0. The fourth-order valence-corrected chi connectivity index (χ4v) is 2.13. The van der Waals surface area contributed by atoms with E-state index in [9.17, 15) is 14.0 Å². The van der Waals surface area contributed by atoms with Crippen LogP contribution in [0.3, 0.4) is 0 Å². The van der Waals surface area contributed by atoms with E-state index < -0.39 is 0 Å². The van der Waals surface area contributed by atoms with E-state index >= 15 is 0 Å². The van der Waals surface area contributed by atoms with Crippen LogP contribution < -0.4 is 16.0 Å². The quantitative estimate of drug-likeness (QED) is 0.736. The van der Waals surface area contributed by atoms with Crippen molar-refractivity contribution in [2.45, 2.75) is 18.9 Å². The molecule has 1 fully saturated rings. The fourth-order valence-electron chi connectivity index (χ4n) is 2.13. The van der Waals surface area contributed by atoms with Gasteiger partial charge in [0.1, 0.15) is 5.82 Å². The Morgan fingerprint density at radius 3 is 2.81 bits per heavy atom. The first-order valence-electron chi connectivity index (χ1n) is 6.65. The second-order valence-electron chi connectivity index (χ2n) is 4.84. The van der Waals surface area contributed by atoms with Gasteiger partial charge in [0, 0.05) is 12.6 Å². The minimum atomic E-state index is -0.373. The van der Waals surface area contributed by atoms with Gasteiger partial charge in [-0.15, -0.1) is 12.4 Å². The van der Waals surface area contributed by atoms with Crippen LogP contribution in [0, 0.1) is 5.82 Å². The van der Waals surface area contributed by atoms with Gasteiger partial charge in [-0.1, -0.05) is 12.1 Å². The molecule has 21 heavy (non-hydrogen) atoms. The molecule has 1 saturated heterocycles. The highest BCUT2D eigenvalue weighted by Gasteiger charge is 2.16. The van der Waals surface area contributed by atoms with Gasteiger partial charge in [-0.2, -0.15) is 0 Å². The highest BCUT2D eigenvalue weighted by atomic mass is 35.5. The molecule has 7 heteroatoms. The standard InChI is InChI=1S/C14H18FN3O2.ClH/c15-11-3-1-2-10(6-11)7-13(19)17-9-14(20)18-12-4-5-16-8-12;/h1-3,6,12,16H,4-5,7-9H2,(H,17,19)(H,18,20);1H. The van der Waals surface area contributed by atoms with E-state index in [2.05, 4.69) is 16.0 Å². The predicted molar refractivity (Wildman–Crippen MR) is 79.8 cm³/mol. The first-order chi connectivity index (χ1) is 9.63. The molecule has 1 aromatic carbocycles.